The highest BCUT2D eigenvalue weighted by Gasteiger charge is 2.26. The lowest BCUT2D eigenvalue weighted by atomic mass is 10.1. The Morgan fingerprint density at radius 3 is 2.28 bits per heavy atom. The number of para-hydroxylation sites is 2. The third-order valence-electron chi connectivity index (χ3n) is 7.29. The van der Waals surface area contributed by atoms with Crippen molar-refractivity contribution in [1.82, 2.24) is 14.8 Å². The number of carbonyl (C=O) groups is 2. The lowest BCUT2D eigenvalue weighted by molar-refractivity contribution is -0.132. The number of rotatable bonds is 11. The van der Waals surface area contributed by atoms with Crippen molar-refractivity contribution < 1.29 is 27.5 Å². The van der Waals surface area contributed by atoms with Gasteiger partial charge in [-0.05, 0) is 53.9 Å². The summed E-state index contributed by atoms with van der Waals surface area (Å²) in [5, 5.41) is 1.05. The van der Waals surface area contributed by atoms with E-state index in [9.17, 15) is 22.8 Å². The minimum absolute atomic E-state index is 0.0907. The first kappa shape index (κ1) is 29.4. The fourth-order valence-corrected chi connectivity index (χ4v) is 5.03. The summed E-state index contributed by atoms with van der Waals surface area (Å²) in [6.07, 6.45) is 2.45. The summed E-state index contributed by atoms with van der Waals surface area (Å²) in [6.45, 7) is 0.0413. The van der Waals surface area contributed by atoms with Crippen LogP contribution in [-0.2, 0) is 24.3 Å². The number of aromatic nitrogens is 1. The number of amides is 2. The SMILES string of the molecule is COc1ccccc1CN(CCc1c[nH]c2ccccc12)C(=O)CN(Cc1ccc(F)cc1)C(=O)c1ccc(F)cc1F. The van der Waals surface area contributed by atoms with Gasteiger partial charge >= 0.3 is 0 Å². The highest BCUT2D eigenvalue weighted by molar-refractivity contribution is 5.96. The maximum absolute atomic E-state index is 14.7. The number of methoxy groups -OCH3 is 1. The Balaban J connectivity index is 1.44. The maximum atomic E-state index is 14.7. The lowest BCUT2D eigenvalue weighted by Gasteiger charge is -2.28. The first-order chi connectivity index (χ1) is 20.8. The molecule has 220 valence electrons. The van der Waals surface area contributed by atoms with E-state index in [2.05, 4.69) is 4.98 Å². The molecule has 0 spiro atoms. The minimum Gasteiger partial charge on any atom is -0.496 e. The summed E-state index contributed by atoms with van der Waals surface area (Å²) >= 11 is 0. The molecule has 0 saturated heterocycles. The van der Waals surface area contributed by atoms with E-state index in [1.165, 1.54) is 29.2 Å². The molecule has 1 aromatic heterocycles. The van der Waals surface area contributed by atoms with Crippen molar-refractivity contribution in [3.8, 4) is 5.75 Å². The van der Waals surface area contributed by atoms with Crippen LogP contribution in [0, 0.1) is 17.5 Å². The van der Waals surface area contributed by atoms with Crippen LogP contribution in [0.2, 0.25) is 0 Å². The number of aromatic amines is 1. The van der Waals surface area contributed by atoms with Crippen LogP contribution < -0.4 is 4.74 Å². The van der Waals surface area contributed by atoms with Gasteiger partial charge in [0.05, 0.1) is 12.7 Å². The zero-order chi connectivity index (χ0) is 30.3. The molecule has 0 aliphatic rings. The van der Waals surface area contributed by atoms with Crippen molar-refractivity contribution >= 4 is 22.7 Å². The standard InChI is InChI=1S/C34H30F3N3O3/c1-43-32-9-5-2-6-25(32)21-39(17-16-24-19-38-31-8-4-3-7-28(24)31)33(41)22-40(20-23-10-12-26(35)13-11-23)34(42)29-15-14-27(36)18-30(29)37/h2-15,18-19,38H,16-17,20-22H2,1H3. The highest BCUT2D eigenvalue weighted by atomic mass is 19.1. The van der Waals surface area contributed by atoms with Gasteiger partial charge < -0.3 is 19.5 Å². The molecule has 1 heterocycles. The number of nitrogens with zero attached hydrogens (tertiary/aromatic N) is 2. The first-order valence-electron chi connectivity index (χ1n) is 13.8. The summed E-state index contributed by atoms with van der Waals surface area (Å²) < 4.78 is 47.4. The number of fused-ring (bicyclic) bond motifs is 1. The molecule has 4 aromatic carbocycles. The number of halogens is 3. The van der Waals surface area contributed by atoms with Crippen LogP contribution in [0.15, 0.2) is 97.2 Å². The third kappa shape index (κ3) is 7.06. The summed E-state index contributed by atoms with van der Waals surface area (Å²) in [6, 6.07) is 23.4. The van der Waals surface area contributed by atoms with Crippen molar-refractivity contribution in [3.63, 3.8) is 0 Å². The normalized spacial score (nSPS) is 11.0. The van der Waals surface area contributed by atoms with E-state index in [0.29, 0.717) is 30.3 Å². The second-order valence-electron chi connectivity index (χ2n) is 10.1. The number of hydrogen-bond donors (Lipinski definition) is 1. The van der Waals surface area contributed by atoms with Gasteiger partial charge in [0.15, 0.2) is 0 Å². The molecule has 6 nitrogen and oxygen atoms in total. The molecule has 0 aliphatic heterocycles. The van der Waals surface area contributed by atoms with Crippen molar-refractivity contribution in [2.45, 2.75) is 19.5 Å². The second kappa shape index (κ2) is 13.3. The molecule has 0 saturated carbocycles. The van der Waals surface area contributed by atoms with Crippen LogP contribution in [0.25, 0.3) is 10.9 Å². The molecule has 5 rings (SSSR count). The quantitative estimate of drug-likeness (QED) is 0.192. The zero-order valence-electron chi connectivity index (χ0n) is 23.5. The van der Waals surface area contributed by atoms with Gasteiger partial charge in [-0.15, -0.1) is 0 Å². The predicted molar refractivity (Wildman–Crippen MR) is 158 cm³/mol. The fraction of sp³-hybridized carbons (Fsp3) is 0.176. The van der Waals surface area contributed by atoms with Crippen molar-refractivity contribution in [3.05, 3.63) is 137 Å². The van der Waals surface area contributed by atoms with Gasteiger partial charge in [0.2, 0.25) is 5.91 Å². The number of hydrogen-bond acceptors (Lipinski definition) is 3. The van der Waals surface area contributed by atoms with Gasteiger partial charge in [-0.3, -0.25) is 9.59 Å². The zero-order valence-corrected chi connectivity index (χ0v) is 23.5. The van der Waals surface area contributed by atoms with Gasteiger partial charge in [0.25, 0.3) is 5.91 Å². The minimum atomic E-state index is -1.04. The Kier molecular flexibility index (Phi) is 9.10. The number of benzene rings is 4. The van der Waals surface area contributed by atoms with Crippen LogP contribution in [-0.4, -0.2) is 46.8 Å². The van der Waals surface area contributed by atoms with Crippen molar-refractivity contribution in [2.24, 2.45) is 0 Å². The van der Waals surface area contributed by atoms with Crippen LogP contribution in [0.3, 0.4) is 0 Å². The van der Waals surface area contributed by atoms with Gasteiger partial charge in [0, 0.05) is 48.4 Å². The smallest absolute Gasteiger partial charge is 0.257 e. The first-order valence-corrected chi connectivity index (χ1v) is 13.8. The number of ether oxygens (including phenoxy) is 1. The molecule has 0 aliphatic carbocycles. The van der Waals surface area contributed by atoms with Gasteiger partial charge in [-0.2, -0.15) is 0 Å². The molecule has 0 unspecified atom stereocenters. The fourth-order valence-electron chi connectivity index (χ4n) is 5.03. The van der Waals surface area contributed by atoms with E-state index in [0.717, 1.165) is 34.2 Å². The van der Waals surface area contributed by atoms with E-state index in [-0.39, 0.29) is 24.6 Å². The molecule has 0 fully saturated rings. The number of nitrogens with one attached hydrogen (secondary N) is 1. The Hall–Kier alpha value is -5.05. The monoisotopic (exact) mass is 585 g/mol. The average molecular weight is 586 g/mol. The van der Waals surface area contributed by atoms with Crippen molar-refractivity contribution in [1.29, 1.82) is 0 Å². The molecule has 0 atom stereocenters. The molecular weight excluding hydrogens is 555 g/mol. The predicted octanol–water partition coefficient (Wildman–Crippen LogP) is 6.51. The van der Waals surface area contributed by atoms with E-state index >= 15 is 0 Å². The van der Waals surface area contributed by atoms with Crippen molar-refractivity contribution in [2.75, 3.05) is 20.2 Å². The molecular formula is C34H30F3N3O3. The summed E-state index contributed by atoms with van der Waals surface area (Å²) in [4.78, 5) is 33.6. The van der Waals surface area contributed by atoms with E-state index < -0.39 is 29.9 Å². The molecule has 5 aromatic rings. The number of H-pyrrole nitrogens is 1. The number of carbonyl (C=O) groups excluding carboxylic acids is 2. The summed E-state index contributed by atoms with van der Waals surface area (Å²) in [5.74, 6) is -2.88. The van der Waals surface area contributed by atoms with Gasteiger partial charge in [0.1, 0.15) is 29.7 Å². The van der Waals surface area contributed by atoms with Gasteiger partial charge in [-0.1, -0.05) is 48.5 Å². The Labute approximate surface area is 247 Å². The van der Waals surface area contributed by atoms with Gasteiger partial charge in [-0.25, -0.2) is 13.2 Å². The topological polar surface area (TPSA) is 65.6 Å². The molecule has 43 heavy (non-hydrogen) atoms. The largest absolute Gasteiger partial charge is 0.496 e. The Morgan fingerprint density at radius 2 is 1.51 bits per heavy atom. The molecule has 2 amide bonds. The molecule has 9 heteroatoms. The highest BCUT2D eigenvalue weighted by Crippen LogP contribution is 2.23. The van der Waals surface area contributed by atoms with Crippen LogP contribution in [0.4, 0.5) is 13.2 Å². The third-order valence-corrected chi connectivity index (χ3v) is 7.29. The molecule has 0 radical (unpaired) electrons. The van der Waals surface area contributed by atoms with E-state index in [1.807, 2.05) is 48.7 Å². The summed E-state index contributed by atoms with van der Waals surface area (Å²) in [5.41, 5.74) is 2.96. The van der Waals surface area contributed by atoms with Crippen LogP contribution in [0.1, 0.15) is 27.0 Å². The average Bonchev–Trinajstić information content (AvgIpc) is 3.43. The second-order valence-corrected chi connectivity index (χ2v) is 10.1. The van der Waals surface area contributed by atoms with Crippen LogP contribution in [0.5, 0.6) is 5.75 Å². The maximum Gasteiger partial charge on any atom is 0.257 e. The lowest BCUT2D eigenvalue weighted by Crippen LogP contribution is -2.43. The molecule has 0 bridgehead atoms. The van der Waals surface area contributed by atoms with E-state index in [1.54, 1.807) is 18.1 Å². The van der Waals surface area contributed by atoms with Crippen LogP contribution >= 0.6 is 0 Å². The summed E-state index contributed by atoms with van der Waals surface area (Å²) in [7, 11) is 1.55. The van der Waals surface area contributed by atoms with E-state index in [4.69, 9.17) is 4.74 Å². The molecule has 1 N–H and O–H groups in total. The Morgan fingerprint density at radius 1 is 0.791 bits per heavy atom. The Bertz CT molecular complexity index is 1740.